The van der Waals surface area contributed by atoms with Crippen LogP contribution in [0.2, 0.25) is 0 Å². The molecule has 5 nitrogen and oxygen atoms in total. The van der Waals surface area contributed by atoms with Crippen LogP contribution in [-0.2, 0) is 18.9 Å². The molecule has 0 aromatic carbocycles. The third kappa shape index (κ3) is 2.89. The number of nitrogens with one attached hydrogen (secondary N) is 1. The van der Waals surface area contributed by atoms with Crippen molar-refractivity contribution in [3.05, 3.63) is 0 Å². The minimum absolute atomic E-state index is 0.268. The lowest BCUT2D eigenvalue weighted by Crippen LogP contribution is -2.51. The molecule has 2 rings (SSSR count). The molecule has 2 saturated heterocycles. The molecular formula is C8H15NO4. The van der Waals surface area contributed by atoms with Crippen LogP contribution in [0.4, 0.5) is 0 Å². The van der Waals surface area contributed by atoms with E-state index in [0.717, 1.165) is 0 Å². The summed E-state index contributed by atoms with van der Waals surface area (Å²) in [4.78, 5) is 0. The van der Waals surface area contributed by atoms with Crippen LogP contribution >= 0.6 is 0 Å². The summed E-state index contributed by atoms with van der Waals surface area (Å²) >= 11 is 0. The summed E-state index contributed by atoms with van der Waals surface area (Å²) in [6.45, 7) is 3.64. The van der Waals surface area contributed by atoms with Crippen molar-refractivity contribution in [1.82, 2.24) is 5.32 Å². The van der Waals surface area contributed by atoms with Crippen LogP contribution in [0.5, 0.6) is 0 Å². The van der Waals surface area contributed by atoms with E-state index in [0.29, 0.717) is 40.0 Å². The molecule has 1 N–H and O–H groups in total. The van der Waals surface area contributed by atoms with Crippen LogP contribution in [0.25, 0.3) is 0 Å². The van der Waals surface area contributed by atoms with Gasteiger partial charge in [0.25, 0.3) is 0 Å². The lowest BCUT2D eigenvalue weighted by atomic mass is 10.2. The first kappa shape index (κ1) is 9.36. The molecule has 2 heterocycles. The zero-order valence-electron chi connectivity index (χ0n) is 7.53. The van der Waals surface area contributed by atoms with Gasteiger partial charge in [-0.2, -0.15) is 0 Å². The molecule has 0 unspecified atom stereocenters. The Labute approximate surface area is 77.3 Å². The Morgan fingerprint density at radius 2 is 1.08 bits per heavy atom. The van der Waals surface area contributed by atoms with E-state index in [1.54, 1.807) is 0 Å². The predicted octanol–water partition coefficient (Wildman–Crippen LogP) is -0.678. The summed E-state index contributed by atoms with van der Waals surface area (Å²) in [5, 5.41) is 3.36. The smallest absolute Gasteiger partial charge is 0.146 e. The van der Waals surface area contributed by atoms with E-state index in [1.807, 2.05) is 0 Å². The molecule has 0 saturated carbocycles. The summed E-state index contributed by atoms with van der Waals surface area (Å²) in [6.07, 6.45) is 0. The third-order valence-electron chi connectivity index (χ3n) is 2.08. The van der Waals surface area contributed by atoms with Crippen molar-refractivity contribution >= 4 is 0 Å². The van der Waals surface area contributed by atoms with Crippen molar-refractivity contribution in [1.29, 1.82) is 0 Å². The van der Waals surface area contributed by atoms with Crippen molar-refractivity contribution in [3.8, 4) is 0 Å². The Kier molecular flexibility index (Phi) is 3.51. The lowest BCUT2D eigenvalue weighted by Gasteiger charge is -2.30. The van der Waals surface area contributed by atoms with E-state index >= 15 is 0 Å². The van der Waals surface area contributed by atoms with Gasteiger partial charge in [0.1, 0.15) is 13.6 Å². The Morgan fingerprint density at radius 3 is 1.46 bits per heavy atom. The second-order valence-corrected chi connectivity index (χ2v) is 3.28. The highest BCUT2D eigenvalue weighted by Gasteiger charge is 2.20. The van der Waals surface area contributed by atoms with E-state index in [2.05, 4.69) is 5.32 Å². The number of rotatable bonds is 2. The third-order valence-corrected chi connectivity index (χ3v) is 2.08. The summed E-state index contributed by atoms with van der Waals surface area (Å²) in [5.74, 6) is 0. The van der Waals surface area contributed by atoms with Crippen LogP contribution in [0.1, 0.15) is 0 Å². The number of hydrogen-bond acceptors (Lipinski definition) is 5. The highest BCUT2D eigenvalue weighted by Crippen LogP contribution is 2.02. The van der Waals surface area contributed by atoms with Crippen molar-refractivity contribution in [2.75, 3.05) is 40.0 Å². The molecule has 13 heavy (non-hydrogen) atoms. The summed E-state index contributed by atoms with van der Waals surface area (Å²) in [5.41, 5.74) is 0. The van der Waals surface area contributed by atoms with Gasteiger partial charge < -0.3 is 24.3 Å². The van der Waals surface area contributed by atoms with Crippen molar-refractivity contribution < 1.29 is 18.9 Å². The predicted molar refractivity (Wildman–Crippen MR) is 44.3 cm³/mol. The summed E-state index contributed by atoms with van der Waals surface area (Å²) in [7, 11) is 0. The van der Waals surface area contributed by atoms with Crippen LogP contribution in [-0.4, -0.2) is 52.1 Å². The van der Waals surface area contributed by atoms with Gasteiger partial charge in [0.15, 0.2) is 0 Å². The highest BCUT2D eigenvalue weighted by atomic mass is 16.7. The minimum Gasteiger partial charge on any atom is -0.354 e. The molecule has 0 aliphatic carbocycles. The zero-order valence-corrected chi connectivity index (χ0v) is 7.53. The maximum atomic E-state index is 5.16. The van der Waals surface area contributed by atoms with Gasteiger partial charge in [0.2, 0.25) is 0 Å². The van der Waals surface area contributed by atoms with Crippen LogP contribution in [0.15, 0.2) is 0 Å². The second kappa shape index (κ2) is 4.88. The largest absolute Gasteiger partial charge is 0.354 e. The summed E-state index contributed by atoms with van der Waals surface area (Å²) in [6, 6.07) is 0.535. The van der Waals surface area contributed by atoms with E-state index in [1.165, 1.54) is 0 Å². The van der Waals surface area contributed by atoms with Gasteiger partial charge in [-0.15, -0.1) is 0 Å². The maximum absolute atomic E-state index is 5.16. The SMILES string of the molecule is C1OCC(NC2COCOC2)CO1. The fraction of sp³-hybridized carbons (Fsp3) is 1.00. The number of hydrogen-bond donors (Lipinski definition) is 1. The van der Waals surface area contributed by atoms with Crippen LogP contribution in [0, 0.1) is 0 Å². The van der Waals surface area contributed by atoms with Crippen molar-refractivity contribution in [3.63, 3.8) is 0 Å². The molecule has 0 aromatic heterocycles. The van der Waals surface area contributed by atoms with Gasteiger partial charge >= 0.3 is 0 Å². The molecule has 0 spiro atoms. The average Bonchev–Trinajstić information content (AvgIpc) is 2.21. The molecule has 0 amide bonds. The fourth-order valence-corrected chi connectivity index (χ4v) is 1.50. The van der Waals surface area contributed by atoms with E-state index in [4.69, 9.17) is 18.9 Å². The Morgan fingerprint density at radius 1 is 0.692 bits per heavy atom. The van der Waals surface area contributed by atoms with Gasteiger partial charge in [-0.05, 0) is 0 Å². The molecule has 0 radical (unpaired) electrons. The van der Waals surface area contributed by atoms with E-state index in [9.17, 15) is 0 Å². The molecule has 0 atom stereocenters. The Hall–Kier alpha value is -0.200. The highest BCUT2D eigenvalue weighted by molar-refractivity contribution is 4.75. The quantitative estimate of drug-likeness (QED) is 0.624. The maximum Gasteiger partial charge on any atom is 0.146 e. The van der Waals surface area contributed by atoms with Crippen molar-refractivity contribution in [2.45, 2.75) is 12.1 Å². The molecular weight excluding hydrogens is 174 g/mol. The monoisotopic (exact) mass is 189 g/mol. The Balaban J connectivity index is 1.69. The first-order valence-electron chi connectivity index (χ1n) is 4.52. The number of ether oxygens (including phenoxy) is 4. The Bertz CT molecular complexity index is 127. The molecule has 0 bridgehead atoms. The lowest BCUT2D eigenvalue weighted by molar-refractivity contribution is -0.135. The van der Waals surface area contributed by atoms with E-state index < -0.39 is 0 Å². The standard InChI is InChI=1S/C8H15NO4/c1-7(2-11-5-10-1)9-8-3-12-6-13-4-8/h7-9H,1-6H2. The fourth-order valence-electron chi connectivity index (χ4n) is 1.50. The molecule has 76 valence electrons. The van der Waals surface area contributed by atoms with Crippen LogP contribution in [0.3, 0.4) is 0 Å². The molecule has 2 fully saturated rings. The molecule has 2 aliphatic heterocycles. The molecule has 2 aliphatic rings. The average molecular weight is 189 g/mol. The normalized spacial score (nSPS) is 27.7. The van der Waals surface area contributed by atoms with Gasteiger partial charge in [-0.3, -0.25) is 0 Å². The van der Waals surface area contributed by atoms with Gasteiger partial charge in [0.05, 0.1) is 38.5 Å². The zero-order chi connectivity index (χ0) is 8.93. The van der Waals surface area contributed by atoms with Gasteiger partial charge in [-0.25, -0.2) is 0 Å². The van der Waals surface area contributed by atoms with Gasteiger partial charge in [0, 0.05) is 0 Å². The van der Waals surface area contributed by atoms with E-state index in [-0.39, 0.29) is 12.1 Å². The minimum atomic E-state index is 0.268. The first-order valence-corrected chi connectivity index (χ1v) is 4.52. The topological polar surface area (TPSA) is 49.0 Å². The summed E-state index contributed by atoms with van der Waals surface area (Å²) < 4.78 is 20.6. The van der Waals surface area contributed by atoms with Gasteiger partial charge in [-0.1, -0.05) is 0 Å². The van der Waals surface area contributed by atoms with Crippen molar-refractivity contribution in [2.24, 2.45) is 0 Å². The first-order chi connectivity index (χ1) is 6.45. The molecule has 5 heteroatoms. The second-order valence-electron chi connectivity index (χ2n) is 3.28. The van der Waals surface area contributed by atoms with Crippen LogP contribution < -0.4 is 5.32 Å². The molecule has 0 aromatic rings.